The smallest absolute Gasteiger partial charge is 0.0476 e. The van der Waals surface area contributed by atoms with Gasteiger partial charge in [0.2, 0.25) is 0 Å². The lowest BCUT2D eigenvalue weighted by Gasteiger charge is -2.61. The average molecular weight is 712 g/mol. The molecule has 54 heavy (non-hydrogen) atoms. The van der Waals surface area contributed by atoms with Gasteiger partial charge in [-0.15, -0.1) is 11.3 Å². The average Bonchev–Trinajstić information content (AvgIpc) is 3.73. The molecule has 0 unspecified atom stereocenters. The molecule has 4 bridgehead atoms. The quantitative estimate of drug-likeness (QED) is 0.172. The van der Waals surface area contributed by atoms with Crippen molar-refractivity contribution < 1.29 is 0 Å². The van der Waals surface area contributed by atoms with Gasteiger partial charge in [0.15, 0.2) is 0 Å². The van der Waals surface area contributed by atoms with Gasteiger partial charge in [-0.25, -0.2) is 0 Å². The SMILES string of the molecule is c1ccc(-c2ccc(N(c3ccc4c(c3)-c3cc(-c5ccccc5)ccc3C43C4CC5CC(C4)CC3C5)c3ccc4c(c3)sc3ccccc34)cc2)cc1. The second-order valence-electron chi connectivity index (χ2n) is 16.6. The van der Waals surface area contributed by atoms with Crippen LogP contribution in [0.25, 0.3) is 53.6 Å². The first-order valence-electron chi connectivity index (χ1n) is 19.9. The van der Waals surface area contributed by atoms with Gasteiger partial charge < -0.3 is 4.90 Å². The summed E-state index contributed by atoms with van der Waals surface area (Å²) < 4.78 is 2.67. The minimum absolute atomic E-state index is 0.129. The van der Waals surface area contributed by atoms with E-state index >= 15 is 0 Å². The van der Waals surface area contributed by atoms with Crippen LogP contribution in [-0.4, -0.2) is 0 Å². The first-order valence-corrected chi connectivity index (χ1v) is 20.7. The molecule has 0 atom stereocenters. The number of benzene rings is 7. The molecule has 4 saturated carbocycles. The van der Waals surface area contributed by atoms with E-state index in [-0.39, 0.29) is 5.41 Å². The van der Waals surface area contributed by atoms with E-state index in [4.69, 9.17) is 0 Å². The largest absolute Gasteiger partial charge is 0.310 e. The third-order valence-electron chi connectivity index (χ3n) is 13.8. The highest BCUT2D eigenvalue weighted by atomic mass is 32.1. The molecule has 0 N–H and O–H groups in total. The first-order chi connectivity index (χ1) is 26.7. The number of fused-ring (bicyclic) bond motifs is 6. The van der Waals surface area contributed by atoms with E-state index in [1.165, 1.54) is 103 Å². The number of rotatable bonds is 5. The lowest BCUT2D eigenvalue weighted by Crippen LogP contribution is -2.55. The van der Waals surface area contributed by atoms with Gasteiger partial charge >= 0.3 is 0 Å². The summed E-state index contributed by atoms with van der Waals surface area (Å²) in [6.07, 6.45) is 7.04. The zero-order chi connectivity index (χ0) is 35.4. The molecule has 5 aliphatic carbocycles. The van der Waals surface area contributed by atoms with E-state index in [2.05, 4.69) is 169 Å². The molecule has 8 aromatic rings. The monoisotopic (exact) mass is 711 g/mol. The zero-order valence-corrected chi connectivity index (χ0v) is 31.1. The van der Waals surface area contributed by atoms with Gasteiger partial charge in [0.25, 0.3) is 0 Å². The Labute approximate surface area is 321 Å². The molecule has 1 heterocycles. The second-order valence-corrected chi connectivity index (χ2v) is 17.6. The summed E-state index contributed by atoms with van der Waals surface area (Å²) in [5, 5.41) is 2.67. The number of hydrogen-bond acceptors (Lipinski definition) is 2. The Hall–Kier alpha value is -5.44. The van der Waals surface area contributed by atoms with Crippen LogP contribution in [0.1, 0.15) is 43.2 Å². The van der Waals surface area contributed by atoms with Gasteiger partial charge in [-0.05, 0) is 149 Å². The van der Waals surface area contributed by atoms with Crippen LogP contribution in [0.4, 0.5) is 17.1 Å². The van der Waals surface area contributed by atoms with Crippen molar-refractivity contribution in [3.05, 3.63) is 175 Å². The van der Waals surface area contributed by atoms with E-state index in [1.807, 2.05) is 11.3 Å². The Kier molecular flexibility index (Phi) is 6.75. The van der Waals surface area contributed by atoms with Crippen LogP contribution >= 0.6 is 11.3 Å². The predicted octanol–water partition coefficient (Wildman–Crippen LogP) is 14.6. The maximum Gasteiger partial charge on any atom is 0.0476 e. The molecule has 0 amide bonds. The molecule has 2 heteroatoms. The highest BCUT2D eigenvalue weighted by molar-refractivity contribution is 7.25. The number of thiophene rings is 1. The fourth-order valence-electron chi connectivity index (χ4n) is 11.9. The van der Waals surface area contributed by atoms with Crippen LogP contribution in [0.15, 0.2) is 164 Å². The summed E-state index contributed by atoms with van der Waals surface area (Å²) in [5.41, 5.74) is 14.9. The molecule has 1 nitrogen and oxygen atoms in total. The standard InChI is InChI=1S/C52H41NS/c1-3-9-35(10-4-1)37-15-18-41(19-16-37)53(43-20-22-45-44-13-7-8-14-50(44)54-51(45)32-43)42-21-24-49-47(31-42)46-30-38(36-11-5-2-6-12-36)17-23-48(46)52(49)39-26-33-25-34(28-39)29-40(52)27-33/h1-24,30-34,39-40H,25-29H2. The molecule has 1 spiro atoms. The number of anilines is 3. The topological polar surface area (TPSA) is 3.24 Å². The number of nitrogens with zero attached hydrogens (tertiary/aromatic N) is 1. The Morgan fingerprint density at radius 1 is 0.407 bits per heavy atom. The summed E-state index contributed by atoms with van der Waals surface area (Å²) in [4.78, 5) is 2.50. The van der Waals surface area contributed by atoms with Crippen LogP contribution < -0.4 is 4.90 Å². The van der Waals surface area contributed by atoms with Gasteiger partial charge in [-0.3, -0.25) is 0 Å². The van der Waals surface area contributed by atoms with Crippen LogP contribution in [0.2, 0.25) is 0 Å². The predicted molar refractivity (Wildman–Crippen MR) is 228 cm³/mol. The fourth-order valence-corrected chi connectivity index (χ4v) is 13.0. The first kappa shape index (κ1) is 31.0. The molecule has 0 saturated heterocycles. The van der Waals surface area contributed by atoms with Crippen LogP contribution in [-0.2, 0) is 5.41 Å². The Balaban J connectivity index is 1.06. The maximum atomic E-state index is 2.57. The van der Waals surface area contributed by atoms with Crippen molar-refractivity contribution in [2.45, 2.75) is 37.5 Å². The highest BCUT2D eigenvalue weighted by Crippen LogP contribution is 2.69. The lowest BCUT2D eigenvalue weighted by atomic mass is 9.43. The normalized spacial score (nSPS) is 23.3. The third kappa shape index (κ3) is 4.50. The lowest BCUT2D eigenvalue weighted by molar-refractivity contribution is -0.0399. The number of hydrogen-bond donors (Lipinski definition) is 0. The van der Waals surface area contributed by atoms with E-state index < -0.39 is 0 Å². The second kappa shape index (κ2) is 11.8. The van der Waals surface area contributed by atoms with Gasteiger partial charge in [0.1, 0.15) is 0 Å². The minimum atomic E-state index is 0.129. The van der Waals surface area contributed by atoms with Gasteiger partial charge in [0, 0.05) is 42.6 Å². The van der Waals surface area contributed by atoms with Crippen molar-refractivity contribution in [3.8, 4) is 33.4 Å². The van der Waals surface area contributed by atoms with Crippen molar-refractivity contribution in [2.24, 2.45) is 23.7 Å². The van der Waals surface area contributed by atoms with Crippen LogP contribution in [0.3, 0.4) is 0 Å². The molecule has 260 valence electrons. The van der Waals surface area contributed by atoms with Crippen molar-refractivity contribution in [2.75, 3.05) is 4.90 Å². The van der Waals surface area contributed by atoms with Crippen molar-refractivity contribution in [3.63, 3.8) is 0 Å². The van der Waals surface area contributed by atoms with E-state index in [1.54, 1.807) is 11.1 Å². The summed E-state index contributed by atoms with van der Waals surface area (Å²) in [7, 11) is 0. The van der Waals surface area contributed by atoms with Crippen molar-refractivity contribution >= 4 is 48.6 Å². The molecule has 13 rings (SSSR count). The Morgan fingerprint density at radius 2 is 0.926 bits per heavy atom. The van der Waals surface area contributed by atoms with Gasteiger partial charge in [0.05, 0.1) is 0 Å². The Bertz CT molecular complexity index is 2690. The van der Waals surface area contributed by atoms with Crippen LogP contribution in [0, 0.1) is 23.7 Å². The summed E-state index contributed by atoms with van der Waals surface area (Å²) in [6.45, 7) is 0. The fraction of sp³-hybridized carbons (Fsp3) is 0.192. The third-order valence-corrected chi connectivity index (χ3v) is 15.0. The molecule has 4 fully saturated rings. The van der Waals surface area contributed by atoms with Gasteiger partial charge in [-0.1, -0.05) is 115 Å². The molecular weight excluding hydrogens is 671 g/mol. The molecule has 5 aliphatic rings. The van der Waals surface area contributed by atoms with Crippen molar-refractivity contribution in [1.82, 2.24) is 0 Å². The van der Waals surface area contributed by atoms with E-state index in [0.717, 1.165) is 23.7 Å². The minimum Gasteiger partial charge on any atom is -0.310 e. The van der Waals surface area contributed by atoms with E-state index in [0.29, 0.717) is 0 Å². The maximum absolute atomic E-state index is 2.57. The molecule has 0 radical (unpaired) electrons. The molecule has 7 aromatic carbocycles. The molecular formula is C52H41NS. The summed E-state index contributed by atoms with van der Waals surface area (Å²) in [6, 6.07) is 61.9. The summed E-state index contributed by atoms with van der Waals surface area (Å²) >= 11 is 1.89. The van der Waals surface area contributed by atoms with Gasteiger partial charge in [-0.2, -0.15) is 0 Å². The highest BCUT2D eigenvalue weighted by Gasteiger charge is 2.61. The zero-order valence-electron chi connectivity index (χ0n) is 30.3. The van der Waals surface area contributed by atoms with E-state index in [9.17, 15) is 0 Å². The van der Waals surface area contributed by atoms with Crippen LogP contribution in [0.5, 0.6) is 0 Å². The Morgan fingerprint density at radius 3 is 1.65 bits per heavy atom. The summed E-state index contributed by atoms with van der Waals surface area (Å²) in [5.74, 6) is 3.32. The molecule has 1 aromatic heterocycles. The molecule has 0 aliphatic heterocycles. The van der Waals surface area contributed by atoms with Crippen molar-refractivity contribution in [1.29, 1.82) is 0 Å².